The van der Waals surface area contributed by atoms with Crippen molar-refractivity contribution in [2.45, 2.75) is 285 Å². The van der Waals surface area contributed by atoms with E-state index in [2.05, 4.69) is 68.9 Å². The SMILES string of the molecule is C=CC(=O)Oc1c(C(C)c2cc(OCCCCCCCCCCCCCCCCCC)cc(C(C)(C)C)c2O)cc(OCCCCCCCCCCCCCCCCCC)cc1C(C)(C)C. The molecule has 0 saturated heterocycles. The summed E-state index contributed by atoms with van der Waals surface area (Å²) in [6.07, 6.45) is 44.0. The van der Waals surface area contributed by atoms with Crippen molar-refractivity contribution in [1.29, 1.82) is 0 Å². The summed E-state index contributed by atoms with van der Waals surface area (Å²) >= 11 is 0. The molecule has 0 radical (unpaired) electrons. The van der Waals surface area contributed by atoms with Crippen molar-refractivity contribution in [1.82, 2.24) is 0 Å². The summed E-state index contributed by atoms with van der Waals surface area (Å²) in [5, 5.41) is 12.0. The molecule has 1 N–H and O–H groups in total. The minimum Gasteiger partial charge on any atom is -0.507 e. The molecule has 1 atom stereocenters. The second-order valence-corrected chi connectivity index (χ2v) is 21.9. The molecule has 0 amide bonds. The first kappa shape index (κ1) is 59.2. The molecule has 1 unspecified atom stereocenters. The van der Waals surface area contributed by atoms with Gasteiger partial charge in [0.2, 0.25) is 0 Å². The Labute approximate surface area is 408 Å². The number of ether oxygens (including phenoxy) is 3. The van der Waals surface area contributed by atoms with E-state index in [0.717, 1.165) is 59.4 Å². The van der Waals surface area contributed by atoms with Crippen LogP contribution in [0.15, 0.2) is 36.9 Å². The quantitative estimate of drug-likeness (QED) is 0.0312. The van der Waals surface area contributed by atoms with Crippen LogP contribution < -0.4 is 14.2 Å². The first-order valence-corrected chi connectivity index (χ1v) is 27.9. The van der Waals surface area contributed by atoms with E-state index in [1.807, 2.05) is 24.3 Å². The van der Waals surface area contributed by atoms with Crippen molar-refractivity contribution in [2.75, 3.05) is 13.2 Å². The van der Waals surface area contributed by atoms with E-state index in [1.54, 1.807) is 0 Å². The van der Waals surface area contributed by atoms with Crippen LogP contribution in [0.5, 0.6) is 23.0 Å². The molecule has 0 aliphatic carbocycles. The van der Waals surface area contributed by atoms with Gasteiger partial charge in [-0.1, -0.05) is 262 Å². The van der Waals surface area contributed by atoms with Gasteiger partial charge < -0.3 is 19.3 Å². The highest BCUT2D eigenvalue weighted by Gasteiger charge is 2.30. The van der Waals surface area contributed by atoms with E-state index in [4.69, 9.17) is 14.2 Å². The van der Waals surface area contributed by atoms with Crippen molar-refractivity contribution < 1.29 is 24.1 Å². The van der Waals surface area contributed by atoms with Crippen LogP contribution in [0.25, 0.3) is 0 Å². The molecule has 2 aromatic rings. The Balaban J connectivity index is 2.01. The Morgan fingerprint density at radius 2 is 0.803 bits per heavy atom. The summed E-state index contributed by atoms with van der Waals surface area (Å²) in [7, 11) is 0. The third-order valence-corrected chi connectivity index (χ3v) is 13.7. The van der Waals surface area contributed by atoms with Crippen LogP contribution in [0.4, 0.5) is 0 Å². The molecule has 0 saturated carbocycles. The molecule has 0 bridgehead atoms. The smallest absolute Gasteiger partial charge is 0.335 e. The maximum absolute atomic E-state index is 12.9. The summed E-state index contributed by atoms with van der Waals surface area (Å²) in [5.74, 6) is 1.43. The predicted molar refractivity (Wildman–Crippen MR) is 285 cm³/mol. The number of rotatable bonds is 40. The molecule has 5 nitrogen and oxygen atoms in total. The molecule has 0 heterocycles. The number of hydrogen-bond acceptors (Lipinski definition) is 5. The summed E-state index contributed by atoms with van der Waals surface area (Å²) < 4.78 is 19.1. The van der Waals surface area contributed by atoms with E-state index in [1.165, 1.54) is 186 Å². The Morgan fingerprint density at radius 3 is 1.12 bits per heavy atom. The second-order valence-electron chi connectivity index (χ2n) is 21.9. The van der Waals surface area contributed by atoms with Crippen LogP contribution in [-0.4, -0.2) is 24.3 Å². The molecule has 66 heavy (non-hydrogen) atoms. The number of aromatic hydroxyl groups is 1. The zero-order valence-electron chi connectivity index (χ0n) is 44.8. The van der Waals surface area contributed by atoms with Crippen molar-refractivity contribution >= 4 is 5.97 Å². The fourth-order valence-corrected chi connectivity index (χ4v) is 9.30. The molecular formula is C61H104O5. The van der Waals surface area contributed by atoms with Gasteiger partial charge in [-0.25, -0.2) is 4.79 Å². The summed E-state index contributed by atoms with van der Waals surface area (Å²) in [5.41, 5.74) is 2.59. The number of phenols is 1. The maximum atomic E-state index is 12.9. The molecule has 5 heteroatoms. The molecule has 0 fully saturated rings. The standard InChI is InChI=1S/C61H104O5/c1-11-14-16-18-20-22-24-26-28-30-32-34-36-38-40-42-44-64-51-46-53(58(63)55(48-51)60(5,6)7)50(4)54-47-52(49-56(61(8,9)10)59(54)66-57(62)13-3)65-45-43-41-39-37-35-33-31-29-27-25-23-21-19-17-15-12-2/h13,46-50,63H,3,11-12,14-45H2,1-2,4-10H3. The summed E-state index contributed by atoms with van der Waals surface area (Å²) in [6.45, 7) is 24.4. The van der Waals surface area contributed by atoms with Gasteiger partial charge >= 0.3 is 5.97 Å². The fraction of sp³-hybridized carbons (Fsp3) is 0.754. The number of hydrogen-bond donors (Lipinski definition) is 1. The van der Waals surface area contributed by atoms with E-state index in [0.29, 0.717) is 19.0 Å². The number of carbonyl (C=O) groups is 1. The van der Waals surface area contributed by atoms with Gasteiger partial charge in [0.05, 0.1) is 13.2 Å². The average molecular weight is 917 g/mol. The highest BCUT2D eigenvalue weighted by molar-refractivity contribution is 5.84. The molecule has 378 valence electrons. The van der Waals surface area contributed by atoms with Crippen molar-refractivity contribution in [3.63, 3.8) is 0 Å². The van der Waals surface area contributed by atoms with Crippen molar-refractivity contribution in [2.24, 2.45) is 0 Å². The van der Waals surface area contributed by atoms with E-state index in [-0.39, 0.29) is 22.5 Å². The highest BCUT2D eigenvalue weighted by Crippen LogP contribution is 2.47. The molecule has 0 aromatic heterocycles. The summed E-state index contributed by atoms with van der Waals surface area (Å²) in [4.78, 5) is 12.9. The second kappa shape index (κ2) is 35.2. The Bertz CT molecular complexity index is 1560. The normalized spacial score (nSPS) is 12.4. The lowest BCUT2D eigenvalue weighted by Gasteiger charge is -2.29. The topological polar surface area (TPSA) is 65.0 Å². The lowest BCUT2D eigenvalue weighted by atomic mass is 9.79. The highest BCUT2D eigenvalue weighted by atomic mass is 16.5. The number of unbranched alkanes of at least 4 members (excludes halogenated alkanes) is 30. The zero-order valence-corrected chi connectivity index (χ0v) is 44.8. The lowest BCUT2D eigenvalue weighted by molar-refractivity contribution is -0.129. The van der Waals surface area contributed by atoms with Crippen LogP contribution in [0.2, 0.25) is 0 Å². The minimum atomic E-state index is -0.508. The monoisotopic (exact) mass is 917 g/mol. The number of carbonyl (C=O) groups excluding carboxylic acids is 1. The van der Waals surface area contributed by atoms with Gasteiger partial charge in [0.25, 0.3) is 0 Å². The van der Waals surface area contributed by atoms with Gasteiger partial charge in [-0.05, 0) is 47.9 Å². The third-order valence-electron chi connectivity index (χ3n) is 13.7. The van der Waals surface area contributed by atoms with Crippen LogP contribution in [0, 0.1) is 0 Å². The molecule has 2 rings (SSSR count). The van der Waals surface area contributed by atoms with Crippen LogP contribution in [0.1, 0.15) is 296 Å². The fourth-order valence-electron chi connectivity index (χ4n) is 9.30. The Hall–Kier alpha value is -2.95. The maximum Gasteiger partial charge on any atom is 0.335 e. The van der Waals surface area contributed by atoms with E-state index >= 15 is 0 Å². The number of benzene rings is 2. The largest absolute Gasteiger partial charge is 0.507 e. The minimum absolute atomic E-state index is 0.252. The van der Waals surface area contributed by atoms with Crippen LogP contribution in [0.3, 0.4) is 0 Å². The third kappa shape index (κ3) is 25.4. The van der Waals surface area contributed by atoms with Gasteiger partial charge in [-0.3, -0.25) is 0 Å². The first-order chi connectivity index (χ1) is 31.7. The van der Waals surface area contributed by atoms with Crippen LogP contribution in [-0.2, 0) is 15.6 Å². The Kier molecular flexibility index (Phi) is 31.6. The van der Waals surface area contributed by atoms with E-state index < -0.39 is 5.97 Å². The molecule has 0 aliphatic rings. The predicted octanol–water partition coefficient (Wildman–Crippen LogP) is 19.5. The molecule has 2 aromatic carbocycles. The average Bonchev–Trinajstić information content (AvgIpc) is 3.28. The lowest BCUT2D eigenvalue weighted by Crippen LogP contribution is -2.18. The van der Waals surface area contributed by atoms with Crippen molar-refractivity contribution in [3.05, 3.63) is 59.2 Å². The first-order valence-electron chi connectivity index (χ1n) is 27.9. The Morgan fingerprint density at radius 1 is 0.500 bits per heavy atom. The van der Waals surface area contributed by atoms with Gasteiger partial charge in [-0.2, -0.15) is 0 Å². The van der Waals surface area contributed by atoms with E-state index in [9.17, 15) is 9.90 Å². The number of phenolic OH excluding ortho intramolecular Hbond substituents is 1. The van der Waals surface area contributed by atoms with Crippen molar-refractivity contribution in [3.8, 4) is 23.0 Å². The zero-order chi connectivity index (χ0) is 48.5. The van der Waals surface area contributed by atoms with Gasteiger partial charge in [-0.15, -0.1) is 0 Å². The van der Waals surface area contributed by atoms with Gasteiger partial charge in [0.1, 0.15) is 23.0 Å². The number of esters is 1. The molecular weight excluding hydrogens is 813 g/mol. The van der Waals surface area contributed by atoms with Gasteiger partial charge in [0.15, 0.2) is 0 Å². The summed E-state index contributed by atoms with van der Waals surface area (Å²) in [6, 6.07) is 8.04. The molecule has 0 spiro atoms. The molecule has 0 aliphatic heterocycles. The van der Waals surface area contributed by atoms with Gasteiger partial charge in [0, 0.05) is 34.2 Å². The van der Waals surface area contributed by atoms with Crippen LogP contribution >= 0.6 is 0 Å².